The zero-order chi connectivity index (χ0) is 24.0. The fourth-order valence-corrected chi connectivity index (χ4v) is 2.63. The van der Waals surface area contributed by atoms with Gasteiger partial charge >= 0.3 is 11.9 Å². The lowest BCUT2D eigenvalue weighted by Crippen LogP contribution is -2.49. The molecule has 0 saturated heterocycles. The van der Waals surface area contributed by atoms with E-state index in [1.807, 2.05) is 0 Å². The average Bonchev–Trinajstić information content (AvgIpc) is 2.72. The molecule has 0 radical (unpaired) electrons. The van der Waals surface area contributed by atoms with E-state index in [0.717, 1.165) is 0 Å². The van der Waals surface area contributed by atoms with Gasteiger partial charge in [-0.05, 0) is 25.8 Å². The van der Waals surface area contributed by atoms with Gasteiger partial charge in [-0.1, -0.05) is 0 Å². The first-order chi connectivity index (χ1) is 14.6. The highest BCUT2D eigenvalue weighted by atomic mass is 16.4. The molecule has 0 aliphatic carbocycles. The molecule has 2 amide bonds. The van der Waals surface area contributed by atoms with Crippen molar-refractivity contribution in [3.8, 4) is 0 Å². The molecule has 0 aromatic rings. The molecular weight excluding hydrogens is 418 g/mol. The van der Waals surface area contributed by atoms with Gasteiger partial charge in [0.25, 0.3) is 0 Å². The summed E-state index contributed by atoms with van der Waals surface area (Å²) in [7, 11) is 0. The van der Waals surface area contributed by atoms with Crippen molar-refractivity contribution in [2.75, 3.05) is 26.4 Å². The Hall–Kier alpha value is -2.61. The van der Waals surface area contributed by atoms with Crippen molar-refractivity contribution in [3.05, 3.63) is 0 Å². The van der Waals surface area contributed by atoms with Gasteiger partial charge in [-0.3, -0.25) is 19.2 Å². The number of carbonyl (C=O) groups is 5. The molecule has 4 atom stereocenters. The first-order valence-electron chi connectivity index (χ1n) is 9.71. The van der Waals surface area contributed by atoms with Gasteiger partial charge in [0.2, 0.25) is 11.8 Å². The Morgan fingerprint density at radius 1 is 0.742 bits per heavy atom. The third-order valence-corrected chi connectivity index (χ3v) is 4.50. The number of aliphatic hydroxyl groups excluding tert-OH is 3. The highest BCUT2D eigenvalue weighted by Crippen LogP contribution is 2.10. The Labute approximate surface area is 178 Å². The number of carboxylic acid groups (broad SMARTS) is 2. The van der Waals surface area contributed by atoms with Crippen LogP contribution in [0.2, 0.25) is 0 Å². The van der Waals surface area contributed by atoms with Crippen molar-refractivity contribution >= 4 is 29.5 Å². The van der Waals surface area contributed by atoms with E-state index in [-0.39, 0.29) is 6.42 Å². The summed E-state index contributed by atoms with van der Waals surface area (Å²) in [6, 6.07) is -2.74. The Bertz CT molecular complexity index is 628. The number of aliphatic hydroxyl groups is 3. The Balaban J connectivity index is 5.02. The maximum absolute atomic E-state index is 12.4. The number of hydrogen-bond donors (Lipinski definition) is 8. The summed E-state index contributed by atoms with van der Waals surface area (Å²) in [6.07, 6.45) is -0.220. The van der Waals surface area contributed by atoms with Gasteiger partial charge < -0.3 is 41.9 Å². The average molecular weight is 449 g/mol. The maximum Gasteiger partial charge on any atom is 0.326 e. The van der Waals surface area contributed by atoms with Crippen LogP contribution in [0.15, 0.2) is 0 Å². The van der Waals surface area contributed by atoms with Crippen LogP contribution in [-0.2, 0) is 24.0 Å². The van der Waals surface area contributed by atoms with Crippen LogP contribution in [0.5, 0.6) is 0 Å². The van der Waals surface area contributed by atoms with E-state index in [4.69, 9.17) is 15.9 Å². The van der Waals surface area contributed by atoms with Gasteiger partial charge in [0.1, 0.15) is 12.1 Å². The summed E-state index contributed by atoms with van der Waals surface area (Å²) < 4.78 is 0. The van der Waals surface area contributed by atoms with E-state index < -0.39 is 86.1 Å². The molecule has 0 aliphatic heterocycles. The van der Waals surface area contributed by atoms with E-state index in [9.17, 15) is 39.3 Å². The molecule has 0 unspecified atom stereocenters. The third-order valence-electron chi connectivity index (χ3n) is 4.50. The second-order valence-electron chi connectivity index (χ2n) is 6.95. The quantitative estimate of drug-likeness (QED) is 0.103. The number of amides is 2. The number of carbonyl (C=O) groups excluding carboxylic acids is 3. The van der Waals surface area contributed by atoms with E-state index in [1.165, 1.54) is 0 Å². The molecule has 31 heavy (non-hydrogen) atoms. The fourth-order valence-electron chi connectivity index (χ4n) is 2.63. The number of aliphatic carboxylic acids is 2. The lowest BCUT2D eigenvalue weighted by atomic mass is 9.97. The smallest absolute Gasteiger partial charge is 0.326 e. The highest BCUT2D eigenvalue weighted by molar-refractivity contribution is 5.94. The van der Waals surface area contributed by atoms with Crippen LogP contribution in [0.4, 0.5) is 0 Å². The number of carboxylic acids is 2. The molecule has 13 nitrogen and oxygen atoms in total. The minimum atomic E-state index is -1.50. The summed E-state index contributed by atoms with van der Waals surface area (Å²) in [5.74, 6) is -8.03. The van der Waals surface area contributed by atoms with Gasteiger partial charge in [-0.15, -0.1) is 0 Å². The predicted molar refractivity (Wildman–Crippen MR) is 105 cm³/mol. The monoisotopic (exact) mass is 449 g/mol. The fraction of sp³-hybridized carbons (Fsp3) is 0.722. The SMILES string of the molecule is NCCCC[C@H](NC(=O)[C@H](CO)CC(=O)[C@H](CO)NC(=O)[C@H](CO)CC(=O)O)C(=O)O. The highest BCUT2D eigenvalue weighted by Gasteiger charge is 2.31. The number of nitrogens with two attached hydrogens (primary N) is 1. The van der Waals surface area contributed by atoms with Crippen molar-refractivity contribution in [2.24, 2.45) is 17.6 Å². The summed E-state index contributed by atoms with van der Waals surface area (Å²) in [6.45, 7) is -2.11. The third kappa shape index (κ3) is 10.8. The van der Waals surface area contributed by atoms with Crippen LogP contribution in [0.1, 0.15) is 32.1 Å². The molecule has 0 aromatic carbocycles. The number of rotatable bonds is 17. The lowest BCUT2D eigenvalue weighted by Gasteiger charge is -2.22. The van der Waals surface area contributed by atoms with Crippen molar-refractivity contribution < 1.29 is 49.5 Å². The first-order valence-corrected chi connectivity index (χ1v) is 9.71. The Morgan fingerprint density at radius 3 is 1.68 bits per heavy atom. The lowest BCUT2D eigenvalue weighted by molar-refractivity contribution is -0.143. The summed E-state index contributed by atoms with van der Waals surface area (Å²) in [5, 5.41) is 50.2. The topological polar surface area (TPSA) is 237 Å². The number of Topliss-reactive ketones (excluding diaryl/α,β-unsaturated/α-hetero) is 1. The van der Waals surface area contributed by atoms with Crippen molar-refractivity contribution in [1.29, 1.82) is 0 Å². The number of nitrogens with one attached hydrogen (secondary N) is 2. The molecule has 0 spiro atoms. The van der Waals surface area contributed by atoms with Gasteiger partial charge in [0, 0.05) is 6.42 Å². The first kappa shape index (κ1) is 28.4. The van der Waals surface area contributed by atoms with Gasteiger partial charge in [0.05, 0.1) is 38.1 Å². The number of ketones is 1. The van der Waals surface area contributed by atoms with E-state index in [2.05, 4.69) is 10.6 Å². The molecule has 0 saturated carbocycles. The van der Waals surface area contributed by atoms with Crippen LogP contribution in [-0.4, -0.2) is 93.5 Å². The van der Waals surface area contributed by atoms with Crippen LogP contribution >= 0.6 is 0 Å². The minimum absolute atomic E-state index is 0.103. The van der Waals surface area contributed by atoms with Crippen LogP contribution in [0, 0.1) is 11.8 Å². The number of unbranched alkanes of at least 4 members (excludes halogenated alkanes) is 1. The van der Waals surface area contributed by atoms with Crippen LogP contribution in [0.3, 0.4) is 0 Å². The molecule has 0 fully saturated rings. The molecule has 178 valence electrons. The van der Waals surface area contributed by atoms with E-state index in [0.29, 0.717) is 19.4 Å². The van der Waals surface area contributed by atoms with E-state index in [1.54, 1.807) is 0 Å². The van der Waals surface area contributed by atoms with Gasteiger partial charge in [-0.25, -0.2) is 4.79 Å². The molecule has 0 heterocycles. The van der Waals surface area contributed by atoms with Crippen molar-refractivity contribution in [1.82, 2.24) is 10.6 Å². The minimum Gasteiger partial charge on any atom is -0.481 e. The zero-order valence-corrected chi connectivity index (χ0v) is 17.0. The van der Waals surface area contributed by atoms with Crippen LogP contribution in [0.25, 0.3) is 0 Å². The molecule has 0 bridgehead atoms. The second kappa shape index (κ2) is 15.2. The van der Waals surface area contributed by atoms with Gasteiger partial charge in [-0.2, -0.15) is 0 Å². The molecule has 0 rings (SSSR count). The maximum atomic E-state index is 12.4. The Kier molecular flexibility index (Phi) is 13.9. The second-order valence-corrected chi connectivity index (χ2v) is 6.95. The van der Waals surface area contributed by atoms with Crippen molar-refractivity contribution in [3.63, 3.8) is 0 Å². The molecular formula is C18H31N3O10. The normalized spacial score (nSPS) is 14.7. The molecule has 9 N–H and O–H groups in total. The standard InChI is InChI=1S/C18H31N3O10/c19-4-2-1-3-12(18(30)31)20-16(28)10(7-22)5-14(25)13(9-24)21-17(29)11(8-23)6-15(26)27/h10-13,22-24H,1-9,19H2,(H,20,28)(H,21,29)(H,26,27)(H,30,31)/t10-,11-,12-,13-/m0/s1. The number of hydrogen-bond acceptors (Lipinski definition) is 9. The van der Waals surface area contributed by atoms with Crippen LogP contribution < -0.4 is 16.4 Å². The zero-order valence-electron chi connectivity index (χ0n) is 17.0. The summed E-state index contributed by atoms with van der Waals surface area (Å²) in [5.41, 5.74) is 5.35. The summed E-state index contributed by atoms with van der Waals surface area (Å²) in [4.78, 5) is 58.7. The predicted octanol–water partition coefficient (Wildman–Crippen LogP) is -3.19. The Morgan fingerprint density at radius 2 is 1.26 bits per heavy atom. The largest absolute Gasteiger partial charge is 0.481 e. The molecule has 0 aromatic heterocycles. The van der Waals surface area contributed by atoms with E-state index >= 15 is 0 Å². The van der Waals surface area contributed by atoms with Gasteiger partial charge in [0.15, 0.2) is 5.78 Å². The van der Waals surface area contributed by atoms with Crippen molar-refractivity contribution in [2.45, 2.75) is 44.2 Å². The molecule has 0 aliphatic rings. The summed E-state index contributed by atoms with van der Waals surface area (Å²) >= 11 is 0. The molecule has 13 heteroatoms.